The van der Waals surface area contributed by atoms with Crippen molar-refractivity contribution in [3.63, 3.8) is 0 Å². The highest BCUT2D eigenvalue weighted by Gasteiger charge is 2.64. The molecule has 1 aromatic rings. The number of fused-ring (bicyclic) bond motifs is 1. The van der Waals surface area contributed by atoms with Crippen LogP contribution in [0, 0.1) is 0 Å². The van der Waals surface area contributed by atoms with E-state index in [1.165, 1.54) is 32.0 Å². The fourth-order valence-electron chi connectivity index (χ4n) is 2.40. The maximum Gasteiger partial charge on any atom is 0.378 e. The zero-order chi connectivity index (χ0) is 14.5. The third kappa shape index (κ3) is 1.96. The minimum absolute atomic E-state index is 0.0715. The molecule has 0 fully saturated rings. The van der Waals surface area contributed by atoms with Crippen LogP contribution < -0.4 is 4.74 Å². The van der Waals surface area contributed by atoms with Gasteiger partial charge in [-0.1, -0.05) is 18.2 Å². The molecule has 0 saturated heterocycles. The van der Waals surface area contributed by atoms with Crippen LogP contribution in [0.3, 0.4) is 0 Å². The Morgan fingerprint density at radius 2 is 1.95 bits per heavy atom. The Morgan fingerprint density at radius 1 is 1.37 bits per heavy atom. The van der Waals surface area contributed by atoms with Gasteiger partial charge in [-0.15, -0.1) is 0 Å². The van der Waals surface area contributed by atoms with Crippen LogP contribution in [0.5, 0.6) is 5.75 Å². The van der Waals surface area contributed by atoms with E-state index >= 15 is 0 Å². The number of ether oxygens (including phenoxy) is 1. The third-order valence-electron chi connectivity index (χ3n) is 3.19. The molecule has 1 aliphatic heterocycles. The Balaban J connectivity index is 2.66. The Labute approximate surface area is 108 Å². The molecule has 1 aliphatic rings. The number of para-hydroxylation sites is 1. The molecule has 19 heavy (non-hydrogen) atoms. The van der Waals surface area contributed by atoms with Gasteiger partial charge in [0.05, 0.1) is 0 Å². The van der Waals surface area contributed by atoms with Crippen molar-refractivity contribution in [2.75, 3.05) is 0 Å². The summed E-state index contributed by atoms with van der Waals surface area (Å²) in [5.41, 5.74) is -4.10. The molecule has 1 heterocycles. The van der Waals surface area contributed by atoms with E-state index in [0.717, 1.165) is 0 Å². The van der Waals surface area contributed by atoms with Crippen molar-refractivity contribution in [2.24, 2.45) is 0 Å². The van der Waals surface area contributed by atoms with E-state index in [0.29, 0.717) is 0 Å². The van der Waals surface area contributed by atoms with Crippen LogP contribution in [0.2, 0.25) is 0 Å². The summed E-state index contributed by atoms with van der Waals surface area (Å²) in [4.78, 5) is 10.8. The summed E-state index contributed by atoms with van der Waals surface area (Å²) in [7, 11) is 0. The summed E-state index contributed by atoms with van der Waals surface area (Å²) in [6.07, 6.45) is -0.518. The summed E-state index contributed by atoms with van der Waals surface area (Å²) in [5, 5.41) is 19.1. The molecule has 0 spiro atoms. The lowest BCUT2D eigenvalue weighted by atomic mass is 9.76. The van der Waals surface area contributed by atoms with Crippen LogP contribution in [-0.2, 0) is 10.4 Å². The average molecular weight is 272 g/mol. The number of hydrogen-bond donors (Lipinski definition) is 2. The molecule has 2 rings (SSSR count). The minimum atomic E-state index is -4.30. The van der Waals surface area contributed by atoms with Crippen molar-refractivity contribution < 1.29 is 28.5 Å². The SMILES string of the molecule is CC1(C)CC(O)(C(F)(F)C(=O)O)c2ccccc2O1. The number of carbonyl (C=O) groups is 1. The topological polar surface area (TPSA) is 66.8 Å². The lowest BCUT2D eigenvalue weighted by Crippen LogP contribution is -2.57. The van der Waals surface area contributed by atoms with Crippen molar-refractivity contribution in [3.8, 4) is 5.75 Å². The third-order valence-corrected chi connectivity index (χ3v) is 3.19. The summed E-state index contributed by atoms with van der Waals surface area (Å²) in [5.74, 6) is -6.59. The number of aliphatic hydroxyl groups is 1. The second-order valence-corrected chi connectivity index (χ2v) is 5.27. The van der Waals surface area contributed by atoms with Gasteiger partial charge in [0.2, 0.25) is 0 Å². The van der Waals surface area contributed by atoms with Crippen LogP contribution in [0.4, 0.5) is 8.78 Å². The quantitative estimate of drug-likeness (QED) is 0.865. The summed E-state index contributed by atoms with van der Waals surface area (Å²) in [6, 6.07) is 5.70. The highest BCUT2D eigenvalue weighted by atomic mass is 19.3. The van der Waals surface area contributed by atoms with Crippen LogP contribution in [0.25, 0.3) is 0 Å². The number of halogens is 2. The first-order valence-electron chi connectivity index (χ1n) is 5.72. The standard InChI is InChI=1S/C13H14F2O4/c1-11(2)7-12(18,13(14,15)10(16)17)8-5-3-4-6-9(8)19-11/h3-6,18H,7H2,1-2H3,(H,16,17). The van der Waals surface area contributed by atoms with Gasteiger partial charge in [0, 0.05) is 12.0 Å². The van der Waals surface area contributed by atoms with Crippen molar-refractivity contribution in [3.05, 3.63) is 29.8 Å². The lowest BCUT2D eigenvalue weighted by Gasteiger charge is -2.44. The maximum absolute atomic E-state index is 13.9. The number of carboxylic acid groups (broad SMARTS) is 1. The Hall–Kier alpha value is -1.69. The average Bonchev–Trinajstić information content (AvgIpc) is 2.26. The Kier molecular flexibility index (Phi) is 2.82. The predicted octanol–water partition coefficient (Wildman–Crippen LogP) is 2.16. The fourth-order valence-corrected chi connectivity index (χ4v) is 2.40. The van der Waals surface area contributed by atoms with E-state index in [2.05, 4.69) is 0 Å². The van der Waals surface area contributed by atoms with Crippen LogP contribution in [-0.4, -0.2) is 27.7 Å². The van der Waals surface area contributed by atoms with E-state index in [9.17, 15) is 18.7 Å². The molecular weight excluding hydrogens is 258 g/mol. The van der Waals surface area contributed by atoms with Crippen molar-refractivity contribution in [1.29, 1.82) is 0 Å². The molecule has 1 atom stereocenters. The monoisotopic (exact) mass is 272 g/mol. The fraction of sp³-hybridized carbons (Fsp3) is 0.462. The van der Waals surface area contributed by atoms with E-state index in [-0.39, 0.29) is 11.3 Å². The Bertz CT molecular complexity index is 527. The van der Waals surface area contributed by atoms with Gasteiger partial charge in [0.25, 0.3) is 0 Å². The van der Waals surface area contributed by atoms with E-state index in [1.54, 1.807) is 6.07 Å². The van der Waals surface area contributed by atoms with Gasteiger partial charge < -0.3 is 14.9 Å². The zero-order valence-electron chi connectivity index (χ0n) is 10.5. The smallest absolute Gasteiger partial charge is 0.378 e. The van der Waals surface area contributed by atoms with Gasteiger partial charge in [-0.05, 0) is 19.9 Å². The first-order chi connectivity index (χ1) is 8.60. The van der Waals surface area contributed by atoms with Crippen LogP contribution in [0.15, 0.2) is 24.3 Å². The number of benzene rings is 1. The van der Waals surface area contributed by atoms with Crippen molar-refractivity contribution in [2.45, 2.75) is 37.4 Å². The van der Waals surface area contributed by atoms with Crippen LogP contribution in [0.1, 0.15) is 25.8 Å². The second-order valence-electron chi connectivity index (χ2n) is 5.27. The predicted molar refractivity (Wildman–Crippen MR) is 62.2 cm³/mol. The molecule has 0 aromatic heterocycles. The number of carboxylic acids is 1. The number of aliphatic carboxylic acids is 1. The molecule has 0 amide bonds. The highest BCUT2D eigenvalue weighted by Crippen LogP contribution is 2.50. The molecule has 1 unspecified atom stereocenters. The molecule has 0 radical (unpaired) electrons. The van der Waals surface area contributed by atoms with Crippen LogP contribution >= 0.6 is 0 Å². The van der Waals surface area contributed by atoms with Crippen molar-refractivity contribution >= 4 is 5.97 Å². The normalized spacial score (nSPS) is 25.3. The summed E-state index contributed by atoms with van der Waals surface area (Å²) < 4.78 is 33.4. The minimum Gasteiger partial charge on any atom is -0.487 e. The molecule has 4 nitrogen and oxygen atoms in total. The molecule has 2 N–H and O–H groups in total. The highest BCUT2D eigenvalue weighted by molar-refractivity contribution is 5.78. The maximum atomic E-state index is 13.9. The van der Waals surface area contributed by atoms with E-state index in [4.69, 9.17) is 9.84 Å². The van der Waals surface area contributed by atoms with Gasteiger partial charge in [-0.3, -0.25) is 0 Å². The first kappa shape index (κ1) is 13.7. The van der Waals surface area contributed by atoms with Gasteiger partial charge in [0.15, 0.2) is 5.60 Å². The van der Waals surface area contributed by atoms with E-state index < -0.39 is 29.5 Å². The number of rotatable bonds is 2. The second kappa shape index (κ2) is 3.90. The van der Waals surface area contributed by atoms with Gasteiger partial charge in [0.1, 0.15) is 11.4 Å². The summed E-state index contributed by atoms with van der Waals surface area (Å²) in [6.45, 7) is 3.04. The largest absolute Gasteiger partial charge is 0.487 e. The van der Waals surface area contributed by atoms with Gasteiger partial charge in [-0.25, -0.2) is 4.79 Å². The van der Waals surface area contributed by atoms with Crippen molar-refractivity contribution in [1.82, 2.24) is 0 Å². The van der Waals surface area contributed by atoms with E-state index in [1.807, 2.05) is 0 Å². The van der Waals surface area contributed by atoms with Gasteiger partial charge in [-0.2, -0.15) is 8.78 Å². The zero-order valence-corrected chi connectivity index (χ0v) is 10.5. The molecule has 0 bridgehead atoms. The molecule has 104 valence electrons. The molecule has 0 aliphatic carbocycles. The molecule has 6 heteroatoms. The lowest BCUT2D eigenvalue weighted by molar-refractivity contribution is -0.228. The molecule has 0 saturated carbocycles. The first-order valence-corrected chi connectivity index (χ1v) is 5.72. The number of alkyl halides is 2. The number of hydrogen-bond acceptors (Lipinski definition) is 3. The van der Waals surface area contributed by atoms with Gasteiger partial charge >= 0.3 is 11.9 Å². The molecule has 1 aromatic carbocycles. The summed E-state index contributed by atoms with van der Waals surface area (Å²) >= 11 is 0. The Morgan fingerprint density at radius 3 is 2.53 bits per heavy atom. The molecular formula is C13H14F2O4.